The van der Waals surface area contributed by atoms with Gasteiger partial charge < -0.3 is 19.5 Å². The number of nitrogens with zero attached hydrogens (tertiary/aromatic N) is 2. The van der Waals surface area contributed by atoms with E-state index in [-0.39, 0.29) is 16.9 Å². The minimum absolute atomic E-state index is 0.00812. The first-order valence-corrected chi connectivity index (χ1v) is 11.6. The predicted octanol–water partition coefficient (Wildman–Crippen LogP) is 3.37. The van der Waals surface area contributed by atoms with Crippen LogP contribution in [-0.2, 0) is 14.3 Å². The normalized spacial score (nSPS) is 20.6. The van der Waals surface area contributed by atoms with E-state index in [1.165, 1.54) is 29.2 Å². The second-order valence-electron chi connectivity index (χ2n) is 8.37. The fourth-order valence-electron chi connectivity index (χ4n) is 4.29. The van der Waals surface area contributed by atoms with Gasteiger partial charge in [-0.15, -0.1) is 0 Å². The average molecular weight is 469 g/mol. The smallest absolute Gasteiger partial charge is 0.295 e. The zero-order chi connectivity index (χ0) is 24.1. The van der Waals surface area contributed by atoms with Crippen molar-refractivity contribution in [2.45, 2.75) is 19.4 Å². The van der Waals surface area contributed by atoms with Gasteiger partial charge in [0.15, 0.2) is 0 Å². The summed E-state index contributed by atoms with van der Waals surface area (Å²) in [5.41, 5.74) is 0.931. The van der Waals surface area contributed by atoms with E-state index in [1.807, 2.05) is 19.1 Å². The zero-order valence-electron chi connectivity index (χ0n) is 19.2. The molecule has 2 heterocycles. The molecule has 8 heteroatoms. The second-order valence-corrected chi connectivity index (χ2v) is 8.37. The van der Waals surface area contributed by atoms with Crippen LogP contribution in [0.5, 0.6) is 5.75 Å². The summed E-state index contributed by atoms with van der Waals surface area (Å²) in [6.07, 6.45) is 0.840. The fourth-order valence-corrected chi connectivity index (χ4v) is 4.29. The van der Waals surface area contributed by atoms with Crippen molar-refractivity contribution in [1.29, 1.82) is 0 Å². The number of Topliss-reactive ketones (excluding diaryl/α,β-unsaturated/α-hetero) is 1. The molecule has 2 fully saturated rings. The lowest BCUT2D eigenvalue weighted by atomic mass is 9.95. The minimum atomic E-state index is -0.781. The summed E-state index contributed by atoms with van der Waals surface area (Å²) in [4.78, 5) is 29.9. The largest absolute Gasteiger partial charge is 0.507 e. The van der Waals surface area contributed by atoms with Crippen molar-refractivity contribution < 1.29 is 28.6 Å². The summed E-state index contributed by atoms with van der Waals surface area (Å²) in [6, 6.07) is 11.7. The standard InChI is InChI=1S/C26H29FN2O5/c1-2-14-34-21-5-3-4-19(17-21)23-22(24(30)18-6-8-20(27)9-7-18)25(31)26(32)29(23)11-10-28-12-15-33-16-13-28/h3-9,17,23,30H,2,10-16H2,1H3/b24-22+/t23-/m0/s1. The Labute approximate surface area is 198 Å². The van der Waals surface area contributed by atoms with Crippen LogP contribution in [-0.4, -0.2) is 72.6 Å². The highest BCUT2D eigenvalue weighted by Crippen LogP contribution is 2.40. The lowest BCUT2D eigenvalue weighted by Gasteiger charge is -2.31. The maximum absolute atomic E-state index is 13.4. The highest BCUT2D eigenvalue weighted by atomic mass is 19.1. The van der Waals surface area contributed by atoms with Gasteiger partial charge in [0.2, 0.25) is 0 Å². The van der Waals surface area contributed by atoms with E-state index in [2.05, 4.69) is 4.90 Å². The van der Waals surface area contributed by atoms with Crippen molar-refractivity contribution in [3.05, 3.63) is 71.0 Å². The number of aliphatic hydroxyl groups is 1. The molecule has 1 atom stereocenters. The lowest BCUT2D eigenvalue weighted by Crippen LogP contribution is -2.42. The van der Waals surface area contributed by atoms with Crippen LogP contribution in [0.25, 0.3) is 5.76 Å². The Morgan fingerprint density at radius 1 is 1.12 bits per heavy atom. The third kappa shape index (κ3) is 5.13. The van der Waals surface area contributed by atoms with Gasteiger partial charge in [0.1, 0.15) is 17.3 Å². The minimum Gasteiger partial charge on any atom is -0.507 e. The van der Waals surface area contributed by atoms with E-state index in [0.29, 0.717) is 44.2 Å². The number of carbonyl (C=O) groups is 2. The van der Waals surface area contributed by atoms with Crippen LogP contribution >= 0.6 is 0 Å². The number of carbonyl (C=O) groups excluding carboxylic acids is 2. The maximum Gasteiger partial charge on any atom is 0.295 e. The van der Waals surface area contributed by atoms with Gasteiger partial charge in [-0.2, -0.15) is 0 Å². The van der Waals surface area contributed by atoms with Gasteiger partial charge in [-0.25, -0.2) is 4.39 Å². The van der Waals surface area contributed by atoms with Gasteiger partial charge in [-0.05, 0) is 48.4 Å². The van der Waals surface area contributed by atoms with E-state index in [0.717, 1.165) is 19.5 Å². The molecule has 0 aromatic heterocycles. The van der Waals surface area contributed by atoms with Gasteiger partial charge in [-0.3, -0.25) is 14.5 Å². The Morgan fingerprint density at radius 2 is 1.85 bits per heavy atom. The predicted molar refractivity (Wildman–Crippen MR) is 125 cm³/mol. The van der Waals surface area contributed by atoms with E-state index in [1.54, 1.807) is 12.1 Å². The third-order valence-electron chi connectivity index (χ3n) is 6.07. The number of likely N-dealkylation sites (tertiary alicyclic amines) is 1. The number of hydrogen-bond donors (Lipinski definition) is 1. The molecule has 0 bridgehead atoms. The summed E-state index contributed by atoms with van der Waals surface area (Å²) < 4.78 is 24.6. The fraction of sp³-hybridized carbons (Fsp3) is 0.385. The second kappa shape index (κ2) is 10.8. The quantitative estimate of drug-likeness (QED) is 0.364. The Hall–Kier alpha value is -3.23. The first-order chi connectivity index (χ1) is 16.5. The molecular weight excluding hydrogens is 439 g/mol. The number of morpholine rings is 1. The lowest BCUT2D eigenvalue weighted by molar-refractivity contribution is -0.140. The third-order valence-corrected chi connectivity index (χ3v) is 6.07. The molecule has 0 saturated carbocycles. The average Bonchev–Trinajstić information content (AvgIpc) is 3.12. The van der Waals surface area contributed by atoms with Crippen LogP contribution < -0.4 is 4.74 Å². The summed E-state index contributed by atoms with van der Waals surface area (Å²) >= 11 is 0. The van der Waals surface area contributed by atoms with Crippen LogP contribution in [0.3, 0.4) is 0 Å². The van der Waals surface area contributed by atoms with Crippen molar-refractivity contribution >= 4 is 17.4 Å². The van der Waals surface area contributed by atoms with Gasteiger partial charge in [0.25, 0.3) is 11.7 Å². The molecule has 0 unspecified atom stereocenters. The highest BCUT2D eigenvalue weighted by molar-refractivity contribution is 6.46. The number of ether oxygens (including phenoxy) is 2. The molecular formula is C26H29FN2O5. The van der Waals surface area contributed by atoms with Crippen molar-refractivity contribution in [3.63, 3.8) is 0 Å². The Kier molecular flexibility index (Phi) is 7.59. The SMILES string of the molecule is CCCOc1cccc([C@H]2/C(=C(\O)c3ccc(F)cc3)C(=O)C(=O)N2CCN2CCOCC2)c1. The molecule has 1 N–H and O–H groups in total. The molecule has 2 aromatic carbocycles. The highest BCUT2D eigenvalue weighted by Gasteiger charge is 2.46. The Morgan fingerprint density at radius 3 is 2.56 bits per heavy atom. The van der Waals surface area contributed by atoms with E-state index in [4.69, 9.17) is 9.47 Å². The van der Waals surface area contributed by atoms with Crippen LogP contribution in [0.2, 0.25) is 0 Å². The summed E-state index contributed by atoms with van der Waals surface area (Å²) in [7, 11) is 0. The zero-order valence-corrected chi connectivity index (χ0v) is 19.2. The Bertz CT molecular complexity index is 1060. The van der Waals surface area contributed by atoms with Gasteiger partial charge in [0, 0.05) is 31.7 Å². The number of aliphatic hydroxyl groups excluding tert-OH is 1. The van der Waals surface area contributed by atoms with Crippen LogP contribution in [0.1, 0.15) is 30.5 Å². The van der Waals surface area contributed by atoms with Crippen molar-refractivity contribution in [1.82, 2.24) is 9.80 Å². The molecule has 2 saturated heterocycles. The summed E-state index contributed by atoms with van der Waals surface area (Å²) in [6.45, 7) is 6.20. The van der Waals surface area contributed by atoms with E-state index < -0.39 is 23.5 Å². The monoisotopic (exact) mass is 468 g/mol. The molecule has 34 heavy (non-hydrogen) atoms. The topological polar surface area (TPSA) is 79.3 Å². The van der Waals surface area contributed by atoms with Crippen molar-refractivity contribution in [2.75, 3.05) is 46.0 Å². The summed E-state index contributed by atoms with van der Waals surface area (Å²) in [5, 5.41) is 11.1. The molecule has 2 aliphatic rings. The molecule has 2 aromatic rings. The van der Waals surface area contributed by atoms with Crippen LogP contribution in [0.15, 0.2) is 54.1 Å². The van der Waals surface area contributed by atoms with Crippen LogP contribution in [0.4, 0.5) is 4.39 Å². The van der Waals surface area contributed by atoms with Gasteiger partial charge in [0.05, 0.1) is 31.4 Å². The number of ketones is 1. The maximum atomic E-state index is 13.4. The first-order valence-electron chi connectivity index (χ1n) is 11.6. The van der Waals surface area contributed by atoms with Crippen molar-refractivity contribution in [3.8, 4) is 5.75 Å². The molecule has 4 rings (SSSR count). The number of hydrogen-bond acceptors (Lipinski definition) is 6. The first kappa shape index (κ1) is 23.9. The van der Waals surface area contributed by atoms with E-state index >= 15 is 0 Å². The molecule has 0 spiro atoms. The molecule has 0 radical (unpaired) electrons. The molecule has 180 valence electrons. The molecule has 0 aliphatic carbocycles. The Balaban J connectivity index is 1.73. The van der Waals surface area contributed by atoms with Gasteiger partial charge >= 0.3 is 0 Å². The molecule has 1 amide bonds. The number of amides is 1. The molecule has 7 nitrogen and oxygen atoms in total. The molecule has 2 aliphatic heterocycles. The summed E-state index contributed by atoms with van der Waals surface area (Å²) in [5.74, 6) is -1.58. The number of benzene rings is 2. The van der Waals surface area contributed by atoms with Crippen LogP contribution in [0, 0.1) is 5.82 Å². The van der Waals surface area contributed by atoms with E-state index in [9.17, 15) is 19.1 Å². The number of rotatable bonds is 8. The van der Waals surface area contributed by atoms with Crippen molar-refractivity contribution in [2.24, 2.45) is 0 Å². The number of halogens is 1. The van der Waals surface area contributed by atoms with Gasteiger partial charge in [-0.1, -0.05) is 19.1 Å².